The number of nitrogens with one attached hydrogen (secondary N) is 1. The second-order valence-corrected chi connectivity index (χ2v) is 5.23. The summed E-state index contributed by atoms with van der Waals surface area (Å²) < 4.78 is 0. The summed E-state index contributed by atoms with van der Waals surface area (Å²) >= 11 is 0. The Kier molecular flexibility index (Phi) is 4.19. The van der Waals surface area contributed by atoms with Crippen LogP contribution >= 0.6 is 0 Å². The normalized spacial score (nSPS) is 22.8. The first-order chi connectivity index (χ1) is 9.06. The average molecular weight is 263 g/mol. The van der Waals surface area contributed by atoms with Crippen LogP contribution in [-0.2, 0) is 4.79 Å². The molecule has 1 amide bonds. The molecule has 1 aliphatic rings. The lowest BCUT2D eigenvalue weighted by Gasteiger charge is -2.27. The van der Waals surface area contributed by atoms with Crippen LogP contribution in [0.15, 0.2) is 12.3 Å². The van der Waals surface area contributed by atoms with Gasteiger partial charge in [0.2, 0.25) is 11.9 Å². The van der Waals surface area contributed by atoms with Gasteiger partial charge in [-0.25, -0.2) is 4.98 Å². The van der Waals surface area contributed by atoms with E-state index in [0.29, 0.717) is 12.0 Å². The summed E-state index contributed by atoms with van der Waals surface area (Å²) in [4.78, 5) is 21.7. The van der Waals surface area contributed by atoms with E-state index >= 15 is 0 Å². The summed E-state index contributed by atoms with van der Waals surface area (Å²) in [5, 5.41) is 3.33. The van der Waals surface area contributed by atoms with Gasteiger partial charge in [0, 0.05) is 32.3 Å². The minimum absolute atomic E-state index is 0.0343. The molecule has 1 aliphatic carbocycles. The molecule has 1 heterocycles. The average Bonchev–Trinajstić information content (AvgIpc) is 2.39. The van der Waals surface area contributed by atoms with Crippen molar-refractivity contribution in [1.29, 1.82) is 0 Å². The SMILES string of the molecule is CN(C)c1ccnc(NC2CCC(C(N)=O)CC2)n1. The molecule has 0 saturated heterocycles. The fourth-order valence-corrected chi connectivity index (χ4v) is 2.37. The number of amides is 1. The number of rotatable bonds is 4. The standard InChI is InChI=1S/C13H21N5O/c1-18(2)11-7-8-15-13(17-11)16-10-5-3-9(4-6-10)12(14)19/h7-10H,3-6H2,1-2H3,(H2,14,19)(H,15,16,17). The highest BCUT2D eigenvalue weighted by Crippen LogP contribution is 2.25. The van der Waals surface area contributed by atoms with Crippen LogP contribution in [0.1, 0.15) is 25.7 Å². The van der Waals surface area contributed by atoms with E-state index in [9.17, 15) is 4.79 Å². The number of carbonyl (C=O) groups is 1. The topological polar surface area (TPSA) is 84.1 Å². The summed E-state index contributed by atoms with van der Waals surface area (Å²) in [5.41, 5.74) is 5.33. The number of hydrogen-bond acceptors (Lipinski definition) is 5. The van der Waals surface area contributed by atoms with Gasteiger partial charge in [0.25, 0.3) is 0 Å². The quantitative estimate of drug-likeness (QED) is 0.846. The van der Waals surface area contributed by atoms with Gasteiger partial charge in [0.1, 0.15) is 5.82 Å². The van der Waals surface area contributed by atoms with Gasteiger partial charge in [-0.2, -0.15) is 4.98 Å². The summed E-state index contributed by atoms with van der Waals surface area (Å²) in [6.45, 7) is 0. The van der Waals surface area contributed by atoms with Gasteiger partial charge in [0.15, 0.2) is 0 Å². The number of hydrogen-bond donors (Lipinski definition) is 2. The Hall–Kier alpha value is -1.85. The lowest BCUT2D eigenvalue weighted by molar-refractivity contribution is -0.122. The minimum Gasteiger partial charge on any atom is -0.369 e. The molecule has 2 rings (SSSR count). The van der Waals surface area contributed by atoms with Crippen molar-refractivity contribution < 1.29 is 4.79 Å². The maximum absolute atomic E-state index is 11.1. The third-order valence-corrected chi connectivity index (χ3v) is 3.56. The third-order valence-electron chi connectivity index (χ3n) is 3.56. The number of primary amides is 1. The zero-order valence-corrected chi connectivity index (χ0v) is 11.5. The van der Waals surface area contributed by atoms with Gasteiger partial charge in [0.05, 0.1) is 0 Å². The van der Waals surface area contributed by atoms with E-state index in [2.05, 4.69) is 15.3 Å². The molecule has 104 valence electrons. The van der Waals surface area contributed by atoms with E-state index in [4.69, 9.17) is 5.73 Å². The lowest BCUT2D eigenvalue weighted by Crippen LogP contribution is -2.32. The van der Waals surface area contributed by atoms with E-state index in [1.54, 1.807) is 6.20 Å². The van der Waals surface area contributed by atoms with Crippen molar-refractivity contribution in [2.45, 2.75) is 31.7 Å². The fourth-order valence-electron chi connectivity index (χ4n) is 2.37. The number of carbonyl (C=O) groups excluding carboxylic acids is 1. The van der Waals surface area contributed by atoms with Crippen molar-refractivity contribution in [2.75, 3.05) is 24.3 Å². The summed E-state index contributed by atoms with van der Waals surface area (Å²) in [5.74, 6) is 1.38. The van der Waals surface area contributed by atoms with E-state index < -0.39 is 0 Å². The molecule has 1 aromatic heterocycles. The molecule has 0 unspecified atom stereocenters. The molecule has 19 heavy (non-hydrogen) atoms. The van der Waals surface area contributed by atoms with Crippen LogP contribution in [0.3, 0.4) is 0 Å². The molecular weight excluding hydrogens is 242 g/mol. The predicted octanol–water partition coefficient (Wildman–Crippen LogP) is 0.999. The molecule has 0 atom stereocenters. The van der Waals surface area contributed by atoms with Crippen molar-refractivity contribution in [1.82, 2.24) is 9.97 Å². The van der Waals surface area contributed by atoms with E-state index in [1.165, 1.54) is 0 Å². The molecule has 0 bridgehead atoms. The smallest absolute Gasteiger partial charge is 0.224 e. The van der Waals surface area contributed by atoms with Crippen molar-refractivity contribution in [3.8, 4) is 0 Å². The van der Waals surface area contributed by atoms with Crippen molar-refractivity contribution in [3.05, 3.63) is 12.3 Å². The number of aromatic nitrogens is 2. The molecule has 0 radical (unpaired) electrons. The monoisotopic (exact) mass is 263 g/mol. The molecule has 0 aromatic carbocycles. The second-order valence-electron chi connectivity index (χ2n) is 5.23. The number of nitrogens with two attached hydrogens (primary N) is 1. The van der Waals surface area contributed by atoms with Crippen molar-refractivity contribution >= 4 is 17.7 Å². The van der Waals surface area contributed by atoms with Gasteiger partial charge in [-0.3, -0.25) is 4.79 Å². The van der Waals surface area contributed by atoms with E-state index in [-0.39, 0.29) is 11.8 Å². The first-order valence-corrected chi connectivity index (χ1v) is 6.62. The van der Waals surface area contributed by atoms with Crippen LogP contribution in [0.25, 0.3) is 0 Å². The minimum atomic E-state index is -0.177. The van der Waals surface area contributed by atoms with Gasteiger partial charge >= 0.3 is 0 Å². The highest BCUT2D eigenvalue weighted by Gasteiger charge is 2.24. The molecule has 0 spiro atoms. The molecule has 3 N–H and O–H groups in total. The maximum atomic E-state index is 11.1. The Bertz CT molecular complexity index is 440. The molecule has 1 saturated carbocycles. The zero-order valence-electron chi connectivity index (χ0n) is 11.5. The van der Waals surface area contributed by atoms with Crippen molar-refractivity contribution in [3.63, 3.8) is 0 Å². The Morgan fingerprint density at radius 3 is 2.63 bits per heavy atom. The zero-order chi connectivity index (χ0) is 13.8. The van der Waals surface area contributed by atoms with Crippen LogP contribution in [0.2, 0.25) is 0 Å². The molecule has 6 nitrogen and oxygen atoms in total. The van der Waals surface area contributed by atoms with Gasteiger partial charge in [-0.15, -0.1) is 0 Å². The third kappa shape index (κ3) is 3.56. The Morgan fingerprint density at radius 1 is 1.37 bits per heavy atom. The van der Waals surface area contributed by atoms with Gasteiger partial charge in [-0.1, -0.05) is 0 Å². The number of nitrogens with zero attached hydrogens (tertiary/aromatic N) is 3. The second kappa shape index (κ2) is 5.86. The molecule has 0 aliphatic heterocycles. The fraction of sp³-hybridized carbons (Fsp3) is 0.615. The first-order valence-electron chi connectivity index (χ1n) is 6.62. The van der Waals surface area contributed by atoms with Crippen molar-refractivity contribution in [2.24, 2.45) is 11.7 Å². The molecule has 1 fully saturated rings. The van der Waals surface area contributed by atoms with E-state index in [1.807, 2.05) is 25.1 Å². The van der Waals surface area contributed by atoms with Gasteiger partial charge < -0.3 is 16.0 Å². The highest BCUT2D eigenvalue weighted by atomic mass is 16.1. The van der Waals surface area contributed by atoms with Gasteiger partial charge in [-0.05, 0) is 31.7 Å². The Labute approximate surface area is 113 Å². The molecule has 1 aromatic rings. The summed E-state index contributed by atoms with van der Waals surface area (Å²) in [7, 11) is 3.90. The lowest BCUT2D eigenvalue weighted by atomic mass is 9.86. The largest absolute Gasteiger partial charge is 0.369 e. The van der Waals surface area contributed by atoms with Crippen LogP contribution in [0, 0.1) is 5.92 Å². The maximum Gasteiger partial charge on any atom is 0.224 e. The van der Waals surface area contributed by atoms with Crippen LogP contribution < -0.4 is 16.0 Å². The van der Waals surface area contributed by atoms with Crippen LogP contribution in [0.4, 0.5) is 11.8 Å². The van der Waals surface area contributed by atoms with E-state index in [0.717, 1.165) is 31.5 Å². The molecule has 6 heteroatoms. The Morgan fingerprint density at radius 2 is 2.05 bits per heavy atom. The first kappa shape index (κ1) is 13.6. The summed E-state index contributed by atoms with van der Waals surface area (Å²) in [6.07, 6.45) is 5.31. The van der Waals surface area contributed by atoms with Crippen LogP contribution in [-0.4, -0.2) is 36.0 Å². The summed E-state index contributed by atoms with van der Waals surface area (Å²) in [6, 6.07) is 2.20. The molecular formula is C13H21N5O. The number of anilines is 2. The van der Waals surface area contributed by atoms with Crippen LogP contribution in [0.5, 0.6) is 0 Å². The highest BCUT2D eigenvalue weighted by molar-refractivity contribution is 5.76. The Balaban J connectivity index is 1.92. The predicted molar refractivity (Wildman–Crippen MR) is 74.9 cm³/mol.